The van der Waals surface area contributed by atoms with Crippen LogP contribution in [-0.2, 0) is 6.42 Å². The number of rotatable bonds is 6. The van der Waals surface area contributed by atoms with Gasteiger partial charge in [0.1, 0.15) is 16.9 Å². The van der Waals surface area contributed by atoms with Gasteiger partial charge in [0.2, 0.25) is 0 Å². The third-order valence-corrected chi connectivity index (χ3v) is 3.82. The maximum absolute atomic E-state index is 12.2. The smallest absolute Gasteiger partial charge is 0.349 e. The van der Waals surface area contributed by atoms with Crippen molar-refractivity contribution in [2.45, 2.75) is 13.3 Å². The average molecular weight is 337 g/mol. The Morgan fingerprint density at radius 1 is 1.12 bits per heavy atom. The number of fused-ring (bicyclic) bond motifs is 1. The van der Waals surface area contributed by atoms with Crippen molar-refractivity contribution in [1.29, 1.82) is 0 Å². The highest BCUT2D eigenvalue weighted by molar-refractivity contribution is 5.96. The van der Waals surface area contributed by atoms with Crippen molar-refractivity contribution >= 4 is 16.9 Å². The molecule has 0 fully saturated rings. The number of carbonyl (C=O) groups is 1. The molecule has 0 saturated carbocycles. The lowest BCUT2D eigenvalue weighted by Crippen LogP contribution is -2.29. The van der Waals surface area contributed by atoms with E-state index in [0.29, 0.717) is 25.2 Å². The average Bonchev–Trinajstić information content (AvgIpc) is 2.62. The quantitative estimate of drug-likeness (QED) is 0.702. The summed E-state index contributed by atoms with van der Waals surface area (Å²) in [6, 6.07) is 16.4. The summed E-state index contributed by atoms with van der Waals surface area (Å²) in [6.45, 7) is 3.00. The van der Waals surface area contributed by atoms with Gasteiger partial charge >= 0.3 is 5.63 Å². The Morgan fingerprint density at radius 2 is 1.88 bits per heavy atom. The summed E-state index contributed by atoms with van der Waals surface area (Å²) >= 11 is 0. The molecular formula is C20H19NO4. The van der Waals surface area contributed by atoms with Crippen molar-refractivity contribution in [2.24, 2.45) is 0 Å². The van der Waals surface area contributed by atoms with Crippen LogP contribution >= 0.6 is 0 Å². The third kappa shape index (κ3) is 4.07. The Labute approximate surface area is 145 Å². The largest absolute Gasteiger partial charge is 0.494 e. The summed E-state index contributed by atoms with van der Waals surface area (Å²) < 4.78 is 10.6. The second-order valence-electron chi connectivity index (χ2n) is 5.57. The molecule has 5 heteroatoms. The molecule has 0 aliphatic carbocycles. The van der Waals surface area contributed by atoms with Crippen molar-refractivity contribution in [3.63, 3.8) is 0 Å². The molecule has 0 radical (unpaired) electrons. The number of hydrogen-bond acceptors (Lipinski definition) is 4. The Bertz CT molecular complexity index is 928. The minimum absolute atomic E-state index is 0.0189. The monoisotopic (exact) mass is 337 g/mol. The molecule has 128 valence electrons. The molecule has 5 nitrogen and oxygen atoms in total. The normalized spacial score (nSPS) is 10.6. The molecule has 0 aliphatic rings. The summed E-state index contributed by atoms with van der Waals surface area (Å²) in [7, 11) is 0. The molecule has 25 heavy (non-hydrogen) atoms. The number of nitrogens with one attached hydrogen (secondary N) is 1. The number of benzene rings is 2. The highest BCUT2D eigenvalue weighted by Crippen LogP contribution is 2.13. The number of amides is 1. The molecule has 3 aromatic rings. The van der Waals surface area contributed by atoms with Crippen LogP contribution in [0.4, 0.5) is 0 Å². The van der Waals surface area contributed by atoms with Crippen molar-refractivity contribution in [3.05, 3.63) is 76.1 Å². The zero-order chi connectivity index (χ0) is 17.6. The molecule has 1 heterocycles. The number of ether oxygens (including phenoxy) is 1. The Balaban J connectivity index is 1.62. The predicted molar refractivity (Wildman–Crippen MR) is 96.1 cm³/mol. The molecule has 0 aliphatic heterocycles. The van der Waals surface area contributed by atoms with Gasteiger partial charge in [0.25, 0.3) is 5.91 Å². The second-order valence-corrected chi connectivity index (χ2v) is 5.57. The maximum atomic E-state index is 12.2. The van der Waals surface area contributed by atoms with E-state index in [1.165, 1.54) is 0 Å². The molecule has 0 unspecified atom stereocenters. The van der Waals surface area contributed by atoms with E-state index >= 15 is 0 Å². The van der Waals surface area contributed by atoms with Gasteiger partial charge in [-0.2, -0.15) is 0 Å². The van der Waals surface area contributed by atoms with E-state index in [2.05, 4.69) is 5.32 Å². The topological polar surface area (TPSA) is 68.5 Å². The summed E-state index contributed by atoms with van der Waals surface area (Å²) in [5.41, 5.74) is 0.940. The first kappa shape index (κ1) is 16.8. The molecule has 1 aromatic heterocycles. The molecular weight excluding hydrogens is 318 g/mol. The molecule has 0 atom stereocenters. The number of hydrogen-bond donors (Lipinski definition) is 1. The molecule has 3 rings (SSSR count). The van der Waals surface area contributed by atoms with Crippen LogP contribution in [-0.4, -0.2) is 19.1 Å². The van der Waals surface area contributed by atoms with Crippen LogP contribution in [0.3, 0.4) is 0 Å². The van der Waals surface area contributed by atoms with Crippen LogP contribution in [0.2, 0.25) is 0 Å². The van der Waals surface area contributed by atoms with E-state index in [1.807, 2.05) is 37.3 Å². The zero-order valence-electron chi connectivity index (χ0n) is 14.0. The number of para-hydroxylation sites is 1. The van der Waals surface area contributed by atoms with Crippen LogP contribution in [0.1, 0.15) is 22.8 Å². The van der Waals surface area contributed by atoms with E-state index in [0.717, 1.165) is 16.7 Å². The molecule has 1 N–H and O–H groups in total. The SMILES string of the molecule is CCOc1ccc(CCNC(=O)c2cc3ccccc3oc2=O)cc1. The van der Waals surface area contributed by atoms with Crippen LogP contribution in [0.15, 0.2) is 63.8 Å². The van der Waals surface area contributed by atoms with Crippen molar-refractivity contribution < 1.29 is 13.9 Å². The molecule has 2 aromatic carbocycles. The molecule has 0 bridgehead atoms. The summed E-state index contributed by atoms with van der Waals surface area (Å²) in [5, 5.41) is 3.48. The first-order valence-corrected chi connectivity index (χ1v) is 8.20. The van der Waals surface area contributed by atoms with Gasteiger partial charge in [-0.3, -0.25) is 4.79 Å². The van der Waals surface area contributed by atoms with Crippen LogP contribution in [0.5, 0.6) is 5.75 Å². The maximum Gasteiger partial charge on any atom is 0.349 e. The van der Waals surface area contributed by atoms with Gasteiger partial charge in [-0.15, -0.1) is 0 Å². The lowest BCUT2D eigenvalue weighted by atomic mass is 10.1. The van der Waals surface area contributed by atoms with E-state index in [1.54, 1.807) is 24.3 Å². The Morgan fingerprint density at radius 3 is 2.64 bits per heavy atom. The molecule has 0 spiro atoms. The van der Waals surface area contributed by atoms with E-state index in [-0.39, 0.29) is 5.56 Å². The molecule has 0 saturated heterocycles. The Hall–Kier alpha value is -3.08. The van der Waals surface area contributed by atoms with Crippen LogP contribution in [0.25, 0.3) is 11.0 Å². The minimum Gasteiger partial charge on any atom is -0.494 e. The van der Waals surface area contributed by atoms with Gasteiger partial charge in [-0.05, 0) is 43.2 Å². The fourth-order valence-electron chi connectivity index (χ4n) is 2.55. The number of carbonyl (C=O) groups excluding carboxylic acids is 1. The van der Waals surface area contributed by atoms with Gasteiger partial charge < -0.3 is 14.5 Å². The third-order valence-electron chi connectivity index (χ3n) is 3.82. The molecule has 1 amide bonds. The van der Waals surface area contributed by atoms with Crippen LogP contribution < -0.4 is 15.7 Å². The zero-order valence-corrected chi connectivity index (χ0v) is 14.0. The van der Waals surface area contributed by atoms with Gasteiger partial charge in [0, 0.05) is 11.9 Å². The van der Waals surface area contributed by atoms with Gasteiger partial charge in [0.15, 0.2) is 0 Å². The van der Waals surface area contributed by atoms with Crippen LogP contribution in [0, 0.1) is 0 Å². The lowest BCUT2D eigenvalue weighted by molar-refractivity contribution is 0.0950. The predicted octanol–water partition coefficient (Wildman–Crippen LogP) is 3.16. The summed E-state index contributed by atoms with van der Waals surface area (Å²) in [5.74, 6) is 0.398. The van der Waals surface area contributed by atoms with Gasteiger partial charge in [-0.25, -0.2) is 4.79 Å². The fraction of sp³-hybridized carbons (Fsp3) is 0.200. The lowest BCUT2D eigenvalue weighted by Gasteiger charge is -2.07. The highest BCUT2D eigenvalue weighted by Gasteiger charge is 2.13. The highest BCUT2D eigenvalue weighted by atomic mass is 16.5. The van der Waals surface area contributed by atoms with Gasteiger partial charge in [-0.1, -0.05) is 30.3 Å². The van der Waals surface area contributed by atoms with E-state index < -0.39 is 11.5 Å². The summed E-state index contributed by atoms with van der Waals surface area (Å²) in [6.07, 6.45) is 0.664. The minimum atomic E-state index is -0.628. The van der Waals surface area contributed by atoms with E-state index in [9.17, 15) is 9.59 Å². The van der Waals surface area contributed by atoms with E-state index in [4.69, 9.17) is 9.15 Å². The van der Waals surface area contributed by atoms with Crippen molar-refractivity contribution in [2.75, 3.05) is 13.2 Å². The fourth-order valence-corrected chi connectivity index (χ4v) is 2.55. The Kier molecular flexibility index (Phi) is 5.14. The first-order chi connectivity index (χ1) is 12.2. The van der Waals surface area contributed by atoms with Crippen molar-refractivity contribution in [1.82, 2.24) is 5.32 Å². The first-order valence-electron chi connectivity index (χ1n) is 8.20. The van der Waals surface area contributed by atoms with Gasteiger partial charge in [0.05, 0.1) is 6.61 Å². The van der Waals surface area contributed by atoms with Crippen molar-refractivity contribution in [3.8, 4) is 5.75 Å². The second kappa shape index (κ2) is 7.66. The summed E-state index contributed by atoms with van der Waals surface area (Å²) in [4.78, 5) is 24.2. The standard InChI is InChI=1S/C20H19NO4/c1-2-24-16-9-7-14(8-10-16)11-12-21-19(22)17-13-15-5-3-4-6-18(15)25-20(17)23/h3-10,13H,2,11-12H2,1H3,(H,21,22).